The van der Waals surface area contributed by atoms with E-state index < -0.39 is 0 Å². The van der Waals surface area contributed by atoms with E-state index in [1.165, 1.54) is 0 Å². The Bertz CT molecular complexity index is 1100. The van der Waals surface area contributed by atoms with Crippen LogP contribution in [-0.2, 0) is 6.54 Å². The predicted octanol–water partition coefficient (Wildman–Crippen LogP) is 4.20. The van der Waals surface area contributed by atoms with Gasteiger partial charge in [-0.25, -0.2) is 4.98 Å². The highest BCUT2D eigenvalue weighted by atomic mass is 32.1. The first-order valence-corrected chi connectivity index (χ1v) is 9.19. The second-order valence-corrected chi connectivity index (χ2v) is 7.02. The van der Waals surface area contributed by atoms with Crippen molar-refractivity contribution in [2.45, 2.75) is 13.5 Å². The first-order chi connectivity index (χ1) is 13.2. The minimum Gasteiger partial charge on any atom is -0.493 e. The van der Waals surface area contributed by atoms with Crippen LogP contribution in [0, 0.1) is 6.92 Å². The maximum absolute atomic E-state index is 12.5. The van der Waals surface area contributed by atoms with Crippen LogP contribution in [0.15, 0.2) is 53.2 Å². The number of aromatic nitrogens is 2. The minimum absolute atomic E-state index is 0.254. The summed E-state index contributed by atoms with van der Waals surface area (Å²) in [6.45, 7) is 2.32. The van der Waals surface area contributed by atoms with Crippen LogP contribution in [0.4, 0.5) is 0 Å². The van der Waals surface area contributed by atoms with Crippen molar-refractivity contribution in [3.8, 4) is 16.3 Å². The minimum atomic E-state index is -0.274. The summed E-state index contributed by atoms with van der Waals surface area (Å²) in [7, 11) is 1.57. The van der Waals surface area contributed by atoms with Crippen molar-refractivity contribution in [1.29, 1.82) is 0 Å². The van der Waals surface area contributed by atoms with Gasteiger partial charge in [0.2, 0.25) is 0 Å². The van der Waals surface area contributed by atoms with Gasteiger partial charge in [0.1, 0.15) is 5.01 Å². The molecule has 4 rings (SSSR count). The Balaban J connectivity index is 1.51. The molecule has 0 saturated heterocycles. The number of amides is 1. The van der Waals surface area contributed by atoms with Crippen molar-refractivity contribution in [3.05, 3.63) is 65.1 Å². The van der Waals surface area contributed by atoms with Crippen LogP contribution in [-0.4, -0.2) is 23.0 Å². The monoisotopic (exact) mass is 379 g/mol. The molecule has 0 unspecified atom stereocenters. The van der Waals surface area contributed by atoms with E-state index >= 15 is 0 Å². The van der Waals surface area contributed by atoms with Crippen LogP contribution in [0.25, 0.3) is 21.5 Å². The zero-order valence-corrected chi connectivity index (χ0v) is 15.7. The molecule has 0 fully saturated rings. The maximum Gasteiger partial charge on any atom is 0.287 e. The number of para-hydroxylation sites is 1. The number of nitrogens with zero attached hydrogens (tertiary/aromatic N) is 2. The van der Waals surface area contributed by atoms with E-state index in [0.717, 1.165) is 26.5 Å². The third kappa shape index (κ3) is 3.41. The maximum atomic E-state index is 12.5. The summed E-state index contributed by atoms with van der Waals surface area (Å²) in [6.07, 6.45) is 3.51. The van der Waals surface area contributed by atoms with Gasteiger partial charge in [-0.05, 0) is 31.2 Å². The van der Waals surface area contributed by atoms with Crippen LogP contribution in [0.1, 0.15) is 21.1 Å². The molecule has 3 aromatic heterocycles. The molecule has 27 heavy (non-hydrogen) atoms. The van der Waals surface area contributed by atoms with E-state index in [1.807, 2.05) is 31.2 Å². The fourth-order valence-electron chi connectivity index (χ4n) is 2.76. The highest BCUT2D eigenvalue weighted by Crippen LogP contribution is 2.29. The lowest BCUT2D eigenvalue weighted by Crippen LogP contribution is -2.22. The zero-order chi connectivity index (χ0) is 18.8. The van der Waals surface area contributed by atoms with Gasteiger partial charge in [-0.15, -0.1) is 11.3 Å². The lowest BCUT2D eigenvalue weighted by atomic mass is 10.2. The second-order valence-electron chi connectivity index (χ2n) is 5.94. The molecule has 0 saturated carbocycles. The molecule has 3 heterocycles. The fraction of sp³-hybridized carbons (Fsp3) is 0.150. The number of rotatable bonds is 5. The summed E-state index contributed by atoms with van der Waals surface area (Å²) in [6, 6.07) is 11.1. The fourth-order valence-corrected chi connectivity index (χ4v) is 3.75. The molecule has 0 aliphatic rings. The molecule has 0 aliphatic heterocycles. The van der Waals surface area contributed by atoms with Crippen molar-refractivity contribution in [1.82, 2.24) is 15.3 Å². The van der Waals surface area contributed by atoms with Crippen LogP contribution >= 0.6 is 11.3 Å². The van der Waals surface area contributed by atoms with Crippen LogP contribution in [0.2, 0.25) is 0 Å². The van der Waals surface area contributed by atoms with E-state index in [2.05, 4.69) is 15.3 Å². The Morgan fingerprint density at radius 1 is 1.30 bits per heavy atom. The third-order valence-electron chi connectivity index (χ3n) is 4.16. The molecule has 0 bridgehead atoms. The number of furan rings is 1. The Labute approximate surface area is 159 Å². The number of methoxy groups -OCH3 is 1. The number of hydrogen-bond donors (Lipinski definition) is 1. The van der Waals surface area contributed by atoms with Crippen molar-refractivity contribution in [2.24, 2.45) is 0 Å². The number of ether oxygens (including phenoxy) is 1. The first kappa shape index (κ1) is 17.2. The smallest absolute Gasteiger partial charge is 0.287 e. The molecule has 0 spiro atoms. The lowest BCUT2D eigenvalue weighted by Gasteiger charge is -2.01. The summed E-state index contributed by atoms with van der Waals surface area (Å²) < 4.78 is 11.0. The van der Waals surface area contributed by atoms with Crippen molar-refractivity contribution >= 4 is 28.2 Å². The molecule has 7 heteroatoms. The van der Waals surface area contributed by atoms with Gasteiger partial charge in [0, 0.05) is 28.2 Å². The standard InChI is InChI=1S/C20H17N3O3S/c1-12-17(27-20(23-12)14-6-4-8-21-10-14)11-22-19(24)16-9-13-5-3-7-15(25-2)18(13)26-16/h3-10H,11H2,1-2H3,(H,22,24). The first-order valence-electron chi connectivity index (χ1n) is 8.37. The third-order valence-corrected chi connectivity index (χ3v) is 5.37. The summed E-state index contributed by atoms with van der Waals surface area (Å²) in [5.41, 5.74) is 2.43. The normalized spacial score (nSPS) is 10.9. The van der Waals surface area contributed by atoms with Gasteiger partial charge in [0.15, 0.2) is 17.1 Å². The van der Waals surface area contributed by atoms with Crippen LogP contribution in [0.3, 0.4) is 0 Å². The SMILES string of the molecule is COc1cccc2cc(C(=O)NCc3sc(-c4cccnc4)nc3C)oc12. The molecule has 4 aromatic rings. The van der Waals surface area contributed by atoms with E-state index in [-0.39, 0.29) is 11.7 Å². The number of nitrogens with one attached hydrogen (secondary N) is 1. The highest BCUT2D eigenvalue weighted by molar-refractivity contribution is 7.15. The van der Waals surface area contributed by atoms with E-state index in [4.69, 9.17) is 9.15 Å². The molecule has 1 aromatic carbocycles. The van der Waals surface area contributed by atoms with Crippen molar-refractivity contribution < 1.29 is 13.9 Å². The number of fused-ring (bicyclic) bond motifs is 1. The summed E-state index contributed by atoms with van der Waals surface area (Å²) in [4.78, 5) is 22.2. The van der Waals surface area contributed by atoms with E-state index in [0.29, 0.717) is 17.9 Å². The highest BCUT2D eigenvalue weighted by Gasteiger charge is 2.16. The summed E-state index contributed by atoms with van der Waals surface area (Å²) in [5, 5.41) is 4.61. The van der Waals surface area contributed by atoms with Gasteiger partial charge in [0.05, 0.1) is 19.3 Å². The van der Waals surface area contributed by atoms with Crippen LogP contribution < -0.4 is 10.1 Å². The number of carbonyl (C=O) groups is 1. The topological polar surface area (TPSA) is 77.2 Å². The Morgan fingerprint density at radius 2 is 2.19 bits per heavy atom. The van der Waals surface area contributed by atoms with Crippen molar-refractivity contribution in [2.75, 3.05) is 7.11 Å². The van der Waals surface area contributed by atoms with Gasteiger partial charge in [-0.3, -0.25) is 9.78 Å². The number of thiazole rings is 1. The number of carbonyl (C=O) groups excluding carboxylic acids is 1. The van der Waals surface area contributed by atoms with E-state index in [1.54, 1.807) is 43.0 Å². The predicted molar refractivity (Wildman–Crippen MR) is 104 cm³/mol. The average molecular weight is 379 g/mol. The Morgan fingerprint density at radius 3 is 2.96 bits per heavy atom. The number of benzene rings is 1. The van der Waals surface area contributed by atoms with Gasteiger partial charge in [-0.1, -0.05) is 12.1 Å². The summed E-state index contributed by atoms with van der Waals surface area (Å²) >= 11 is 1.54. The molecule has 0 radical (unpaired) electrons. The molecule has 1 amide bonds. The number of hydrogen-bond acceptors (Lipinski definition) is 6. The molecular weight excluding hydrogens is 362 g/mol. The molecule has 0 aliphatic carbocycles. The zero-order valence-electron chi connectivity index (χ0n) is 14.9. The van der Waals surface area contributed by atoms with Gasteiger partial charge in [-0.2, -0.15) is 0 Å². The molecular formula is C20H17N3O3S. The van der Waals surface area contributed by atoms with Crippen LogP contribution in [0.5, 0.6) is 5.75 Å². The average Bonchev–Trinajstić information content (AvgIpc) is 3.30. The molecule has 6 nitrogen and oxygen atoms in total. The number of pyridine rings is 1. The van der Waals surface area contributed by atoms with Gasteiger partial charge >= 0.3 is 0 Å². The Hall–Kier alpha value is -3.19. The van der Waals surface area contributed by atoms with Crippen molar-refractivity contribution in [3.63, 3.8) is 0 Å². The lowest BCUT2D eigenvalue weighted by molar-refractivity contribution is 0.0925. The quantitative estimate of drug-likeness (QED) is 0.562. The molecule has 1 N–H and O–H groups in total. The molecule has 136 valence electrons. The van der Waals surface area contributed by atoms with E-state index in [9.17, 15) is 4.79 Å². The Kier molecular flexibility index (Phi) is 4.60. The summed E-state index contributed by atoms with van der Waals surface area (Å²) in [5.74, 6) is 0.582. The number of aryl methyl sites for hydroxylation is 1. The second kappa shape index (κ2) is 7.20. The largest absolute Gasteiger partial charge is 0.493 e. The van der Waals surface area contributed by atoms with Gasteiger partial charge in [0.25, 0.3) is 5.91 Å². The molecule has 0 atom stereocenters. The van der Waals surface area contributed by atoms with Gasteiger partial charge < -0.3 is 14.5 Å².